The van der Waals surface area contributed by atoms with Gasteiger partial charge in [0.25, 0.3) is 0 Å². The van der Waals surface area contributed by atoms with Crippen LogP contribution >= 0.6 is 11.3 Å². The number of carbonyl (C=O) groups excluding carboxylic acids is 1. The van der Waals surface area contributed by atoms with E-state index in [1.807, 2.05) is 0 Å². The number of ketones is 1. The van der Waals surface area contributed by atoms with E-state index < -0.39 is 0 Å². The Hall–Kier alpha value is -0.890. The third kappa shape index (κ3) is 3.05. The van der Waals surface area contributed by atoms with Gasteiger partial charge >= 0.3 is 0 Å². The van der Waals surface area contributed by atoms with Crippen molar-refractivity contribution in [1.29, 1.82) is 0 Å². The Morgan fingerprint density at radius 3 is 3.06 bits per heavy atom. The lowest BCUT2D eigenvalue weighted by atomic mass is 9.88. The van der Waals surface area contributed by atoms with Crippen LogP contribution in [0.4, 0.5) is 0 Å². The van der Waals surface area contributed by atoms with Crippen LogP contribution < -0.4 is 0 Å². The van der Waals surface area contributed by atoms with E-state index in [0.717, 1.165) is 30.8 Å². The maximum Gasteiger partial charge on any atom is 0.158 e. The zero-order chi connectivity index (χ0) is 11.4. The second-order valence-electron chi connectivity index (χ2n) is 4.66. The molecule has 86 valence electrons. The summed E-state index contributed by atoms with van der Waals surface area (Å²) in [6.07, 6.45) is 6.98. The van der Waals surface area contributed by atoms with E-state index in [2.05, 4.69) is 29.8 Å². The standard InChI is InChI=1S/C14H18OS/c1-11-2-5-13(6-3-11)14(15)7-4-12-8-9-16-10-12/h5,8-11H,2-4,6-7H2,1H3. The fraction of sp³-hybridized carbons (Fsp3) is 0.500. The van der Waals surface area contributed by atoms with Gasteiger partial charge in [-0.1, -0.05) is 13.0 Å². The minimum atomic E-state index is 0.359. The number of thiophene rings is 1. The van der Waals surface area contributed by atoms with Gasteiger partial charge < -0.3 is 0 Å². The van der Waals surface area contributed by atoms with Crippen molar-refractivity contribution >= 4 is 17.1 Å². The predicted molar refractivity (Wildman–Crippen MR) is 68.7 cm³/mol. The molecule has 0 saturated carbocycles. The lowest BCUT2D eigenvalue weighted by Gasteiger charge is -2.17. The van der Waals surface area contributed by atoms with Gasteiger partial charge in [-0.2, -0.15) is 11.3 Å². The van der Waals surface area contributed by atoms with E-state index in [-0.39, 0.29) is 0 Å². The summed E-state index contributed by atoms with van der Waals surface area (Å²) >= 11 is 1.70. The number of allylic oxidation sites excluding steroid dienone is 2. The van der Waals surface area contributed by atoms with Gasteiger partial charge in [-0.3, -0.25) is 4.79 Å². The summed E-state index contributed by atoms with van der Waals surface area (Å²) in [5.74, 6) is 1.12. The van der Waals surface area contributed by atoms with Crippen LogP contribution in [0.15, 0.2) is 28.5 Å². The van der Waals surface area contributed by atoms with Gasteiger partial charge in [0.15, 0.2) is 5.78 Å². The Morgan fingerprint density at radius 1 is 1.56 bits per heavy atom. The maximum absolute atomic E-state index is 11.9. The van der Waals surface area contributed by atoms with Crippen LogP contribution in [0.2, 0.25) is 0 Å². The first-order valence-corrected chi connectivity index (χ1v) is 6.93. The third-order valence-corrected chi connectivity index (χ3v) is 3.98. The highest BCUT2D eigenvalue weighted by atomic mass is 32.1. The highest BCUT2D eigenvalue weighted by Gasteiger charge is 2.15. The minimum Gasteiger partial charge on any atom is -0.295 e. The molecule has 0 amide bonds. The Bertz CT molecular complexity index is 375. The molecule has 1 aliphatic carbocycles. The van der Waals surface area contributed by atoms with Crippen LogP contribution in [0.25, 0.3) is 0 Å². The van der Waals surface area contributed by atoms with Crippen LogP contribution in [0.5, 0.6) is 0 Å². The quantitative estimate of drug-likeness (QED) is 0.769. The van der Waals surface area contributed by atoms with Crippen molar-refractivity contribution in [3.05, 3.63) is 34.0 Å². The Kier molecular flexibility index (Phi) is 3.94. The number of hydrogen-bond acceptors (Lipinski definition) is 2. The molecular formula is C14H18OS. The van der Waals surface area contributed by atoms with E-state index in [1.54, 1.807) is 11.3 Å². The number of hydrogen-bond donors (Lipinski definition) is 0. The van der Waals surface area contributed by atoms with E-state index in [1.165, 1.54) is 12.0 Å². The van der Waals surface area contributed by atoms with E-state index in [4.69, 9.17) is 0 Å². The van der Waals surface area contributed by atoms with Gasteiger partial charge in [-0.15, -0.1) is 0 Å². The molecule has 0 saturated heterocycles. The minimum absolute atomic E-state index is 0.359. The monoisotopic (exact) mass is 234 g/mol. The summed E-state index contributed by atoms with van der Waals surface area (Å²) in [5.41, 5.74) is 2.37. The second kappa shape index (κ2) is 5.44. The van der Waals surface area contributed by atoms with Gasteiger partial charge in [0.2, 0.25) is 0 Å². The molecule has 16 heavy (non-hydrogen) atoms. The number of carbonyl (C=O) groups is 1. The Morgan fingerprint density at radius 2 is 2.44 bits per heavy atom. The highest BCUT2D eigenvalue weighted by molar-refractivity contribution is 7.07. The molecule has 1 aromatic rings. The summed E-state index contributed by atoms with van der Waals surface area (Å²) in [5, 5.41) is 4.20. The first-order valence-electron chi connectivity index (χ1n) is 5.99. The molecule has 1 heterocycles. The zero-order valence-electron chi connectivity index (χ0n) is 9.74. The molecule has 0 fully saturated rings. The smallest absolute Gasteiger partial charge is 0.158 e. The molecule has 1 nitrogen and oxygen atoms in total. The first-order chi connectivity index (χ1) is 7.75. The fourth-order valence-corrected chi connectivity index (χ4v) is 2.77. The second-order valence-corrected chi connectivity index (χ2v) is 5.44. The van der Waals surface area contributed by atoms with E-state index in [9.17, 15) is 4.79 Å². The van der Waals surface area contributed by atoms with Crippen LogP contribution in [-0.4, -0.2) is 5.78 Å². The van der Waals surface area contributed by atoms with Crippen molar-refractivity contribution in [2.75, 3.05) is 0 Å². The van der Waals surface area contributed by atoms with Crippen molar-refractivity contribution in [3.8, 4) is 0 Å². The summed E-state index contributed by atoms with van der Waals surface area (Å²) in [6.45, 7) is 2.25. The van der Waals surface area contributed by atoms with Crippen LogP contribution in [0.3, 0.4) is 0 Å². The summed E-state index contributed by atoms with van der Waals surface area (Å²) < 4.78 is 0. The number of rotatable bonds is 4. The van der Waals surface area contributed by atoms with Crippen LogP contribution in [0, 0.1) is 5.92 Å². The van der Waals surface area contributed by atoms with Gasteiger partial charge in [0.05, 0.1) is 0 Å². The maximum atomic E-state index is 11.9. The van der Waals surface area contributed by atoms with Gasteiger partial charge in [-0.05, 0) is 59.6 Å². The average Bonchev–Trinajstić information content (AvgIpc) is 2.80. The van der Waals surface area contributed by atoms with Gasteiger partial charge in [-0.25, -0.2) is 0 Å². The molecule has 0 N–H and O–H groups in total. The lowest BCUT2D eigenvalue weighted by molar-refractivity contribution is -0.115. The molecule has 0 radical (unpaired) electrons. The molecule has 1 atom stereocenters. The van der Waals surface area contributed by atoms with Crippen molar-refractivity contribution < 1.29 is 4.79 Å². The van der Waals surface area contributed by atoms with Gasteiger partial charge in [0.1, 0.15) is 0 Å². The van der Waals surface area contributed by atoms with Crippen molar-refractivity contribution in [2.45, 2.75) is 39.0 Å². The Labute approximate surface area is 101 Å². The van der Waals surface area contributed by atoms with Crippen LogP contribution in [-0.2, 0) is 11.2 Å². The lowest BCUT2D eigenvalue weighted by Crippen LogP contribution is -2.10. The topological polar surface area (TPSA) is 17.1 Å². The van der Waals surface area contributed by atoms with Crippen molar-refractivity contribution in [1.82, 2.24) is 0 Å². The molecule has 1 unspecified atom stereocenters. The SMILES string of the molecule is CC1CC=C(C(=O)CCc2ccsc2)CC1. The van der Waals surface area contributed by atoms with E-state index in [0.29, 0.717) is 12.2 Å². The molecule has 1 aromatic heterocycles. The third-order valence-electron chi connectivity index (χ3n) is 3.25. The average molecular weight is 234 g/mol. The normalized spacial score (nSPS) is 20.6. The molecule has 0 spiro atoms. The first kappa shape index (κ1) is 11.6. The summed E-state index contributed by atoms with van der Waals surface area (Å²) in [7, 11) is 0. The predicted octanol–water partition coefficient (Wildman–Crippen LogP) is 4.00. The fourth-order valence-electron chi connectivity index (χ4n) is 2.07. The summed E-state index contributed by atoms with van der Waals surface area (Å²) in [4.78, 5) is 11.9. The zero-order valence-corrected chi connectivity index (χ0v) is 10.6. The van der Waals surface area contributed by atoms with E-state index >= 15 is 0 Å². The van der Waals surface area contributed by atoms with Gasteiger partial charge in [0, 0.05) is 6.42 Å². The molecular weight excluding hydrogens is 216 g/mol. The molecule has 0 aromatic carbocycles. The van der Waals surface area contributed by atoms with Crippen LogP contribution in [0.1, 0.15) is 38.2 Å². The molecule has 0 bridgehead atoms. The molecule has 0 aliphatic heterocycles. The number of Topliss-reactive ketones (excluding diaryl/α,β-unsaturated/α-hetero) is 1. The molecule has 2 rings (SSSR count). The molecule has 1 aliphatic rings. The Balaban J connectivity index is 1.84. The van der Waals surface area contributed by atoms with Crippen molar-refractivity contribution in [3.63, 3.8) is 0 Å². The summed E-state index contributed by atoms with van der Waals surface area (Å²) in [6, 6.07) is 2.11. The number of aryl methyl sites for hydroxylation is 1. The highest BCUT2D eigenvalue weighted by Crippen LogP contribution is 2.24. The van der Waals surface area contributed by atoms with Crippen molar-refractivity contribution in [2.24, 2.45) is 5.92 Å². The molecule has 2 heteroatoms. The largest absolute Gasteiger partial charge is 0.295 e.